The number of benzene rings is 3. The van der Waals surface area contributed by atoms with Crippen molar-refractivity contribution in [2.75, 3.05) is 31.6 Å². The fraction of sp³-hybridized carbons (Fsp3) is 0.241. The van der Waals surface area contributed by atoms with Gasteiger partial charge in [-0.1, -0.05) is 54.2 Å². The summed E-state index contributed by atoms with van der Waals surface area (Å²) in [4.78, 5) is 25.5. The summed E-state index contributed by atoms with van der Waals surface area (Å²) in [5.41, 5.74) is -3.45. The van der Waals surface area contributed by atoms with E-state index < -0.39 is 45.9 Å². The Bertz CT molecular complexity index is 1440. The van der Waals surface area contributed by atoms with E-state index in [0.717, 1.165) is 29.8 Å². The molecular formula is C29H25F6N3O3S. The molecule has 0 unspecified atom stereocenters. The number of hydrogen-bond donors (Lipinski definition) is 2. The maximum atomic E-state index is 14.2. The molecule has 3 aromatic rings. The third kappa shape index (κ3) is 8.29. The second-order valence-electron chi connectivity index (χ2n) is 9.09. The fourth-order valence-electron chi connectivity index (χ4n) is 4.18. The minimum Gasteiger partial charge on any atom is -0.378 e. The second kappa shape index (κ2) is 13.3. The zero-order valence-corrected chi connectivity index (χ0v) is 22.7. The van der Waals surface area contributed by atoms with E-state index in [0.29, 0.717) is 11.8 Å². The largest absolute Gasteiger partial charge is 0.418 e. The van der Waals surface area contributed by atoms with Gasteiger partial charge in [0.15, 0.2) is 0 Å². The van der Waals surface area contributed by atoms with Gasteiger partial charge in [0.1, 0.15) is 0 Å². The molecule has 0 aliphatic carbocycles. The van der Waals surface area contributed by atoms with E-state index >= 15 is 0 Å². The first-order valence-electron chi connectivity index (χ1n) is 12.6. The number of rotatable bonds is 7. The summed E-state index contributed by atoms with van der Waals surface area (Å²) in [5.74, 6) is -0.629. The van der Waals surface area contributed by atoms with E-state index in [-0.39, 0.29) is 43.4 Å². The highest BCUT2D eigenvalue weighted by Gasteiger charge is 2.46. The Balaban J connectivity index is 1.58. The Kier molecular flexibility index (Phi) is 9.84. The van der Waals surface area contributed by atoms with Crippen LogP contribution >= 0.6 is 11.8 Å². The van der Waals surface area contributed by atoms with Gasteiger partial charge in [-0.05, 0) is 41.5 Å². The molecule has 13 heteroatoms. The van der Waals surface area contributed by atoms with Crippen LogP contribution in [0, 0.1) is 0 Å². The molecule has 6 nitrogen and oxygen atoms in total. The van der Waals surface area contributed by atoms with Crippen LogP contribution in [0.15, 0.2) is 82.6 Å². The number of amides is 3. The molecule has 1 heterocycles. The zero-order chi connectivity index (χ0) is 30.3. The van der Waals surface area contributed by atoms with E-state index in [9.17, 15) is 35.9 Å². The average molecular weight is 610 g/mol. The molecular weight excluding hydrogens is 584 g/mol. The summed E-state index contributed by atoms with van der Waals surface area (Å²) in [6, 6.07) is 16.1. The summed E-state index contributed by atoms with van der Waals surface area (Å²) in [7, 11) is 0. The highest BCUT2D eigenvalue weighted by molar-refractivity contribution is 7.99. The molecule has 3 amide bonds. The quantitative estimate of drug-likeness (QED) is 0.222. The lowest BCUT2D eigenvalue weighted by Gasteiger charge is -2.25. The highest BCUT2D eigenvalue weighted by atomic mass is 32.2. The topological polar surface area (TPSA) is 70.7 Å². The minimum absolute atomic E-state index is 0.167. The Morgan fingerprint density at radius 2 is 1.57 bits per heavy atom. The maximum Gasteiger partial charge on any atom is 0.418 e. The summed E-state index contributed by atoms with van der Waals surface area (Å²) in [5, 5.41) is 5.21. The molecule has 1 fully saturated rings. The molecule has 0 atom stereocenters. The molecule has 1 aliphatic heterocycles. The molecule has 0 spiro atoms. The SMILES string of the molecule is O=C(NCc1ccccc1)Nc1cccc(Sc2ccc(C=CC(=O)N3CCOCC3)c(C(F)(F)F)c2C(F)(F)F)c1. The van der Waals surface area contributed by atoms with Gasteiger partial charge in [0.25, 0.3) is 0 Å². The van der Waals surface area contributed by atoms with E-state index in [1.807, 2.05) is 30.3 Å². The van der Waals surface area contributed by atoms with Gasteiger partial charge in [0.05, 0.1) is 24.3 Å². The van der Waals surface area contributed by atoms with Crippen molar-refractivity contribution in [1.29, 1.82) is 0 Å². The summed E-state index contributed by atoms with van der Waals surface area (Å²) >= 11 is 0.474. The number of halogens is 6. The van der Waals surface area contributed by atoms with Crippen LogP contribution < -0.4 is 10.6 Å². The average Bonchev–Trinajstić information content (AvgIpc) is 2.95. The molecule has 2 N–H and O–H groups in total. The standard InChI is InChI=1S/C29H25F6N3O3S/c30-28(31,32)25-20(10-12-24(39)38-13-15-41-16-14-38)9-11-23(26(25)29(33,34)35)42-22-8-4-7-21(17-22)37-27(40)36-18-19-5-2-1-3-6-19/h1-12,17H,13-16,18H2,(H2,36,37,40). The highest BCUT2D eigenvalue weighted by Crippen LogP contribution is 2.48. The van der Waals surface area contributed by atoms with Gasteiger partial charge in [-0.3, -0.25) is 4.79 Å². The third-order valence-electron chi connectivity index (χ3n) is 6.11. The normalized spacial score (nSPS) is 14.2. The summed E-state index contributed by atoms with van der Waals surface area (Å²) in [6.07, 6.45) is -9.15. The molecule has 222 valence electrons. The summed E-state index contributed by atoms with van der Waals surface area (Å²) in [6.45, 7) is 1.19. The second-order valence-corrected chi connectivity index (χ2v) is 10.2. The fourth-order valence-corrected chi connectivity index (χ4v) is 5.22. The number of carbonyl (C=O) groups excluding carboxylic acids is 2. The Morgan fingerprint density at radius 3 is 2.24 bits per heavy atom. The van der Waals surface area contributed by atoms with Crippen molar-refractivity contribution in [3.8, 4) is 0 Å². The van der Waals surface area contributed by atoms with Crippen molar-refractivity contribution >= 4 is 35.5 Å². The van der Waals surface area contributed by atoms with Crippen LogP contribution in [0.25, 0.3) is 6.08 Å². The van der Waals surface area contributed by atoms with E-state index in [1.165, 1.54) is 29.2 Å². The number of morpholine rings is 1. The lowest BCUT2D eigenvalue weighted by atomic mass is 9.99. The number of alkyl halides is 6. The number of hydrogen-bond acceptors (Lipinski definition) is 4. The van der Waals surface area contributed by atoms with Crippen LogP contribution in [0.5, 0.6) is 0 Å². The van der Waals surface area contributed by atoms with Gasteiger partial charge in [-0.25, -0.2) is 4.79 Å². The molecule has 0 bridgehead atoms. The molecule has 0 aromatic heterocycles. The third-order valence-corrected chi connectivity index (χ3v) is 7.16. The first-order chi connectivity index (χ1) is 19.9. The van der Waals surface area contributed by atoms with Crippen molar-refractivity contribution in [3.63, 3.8) is 0 Å². The Labute approximate surface area is 241 Å². The molecule has 42 heavy (non-hydrogen) atoms. The molecule has 1 saturated heterocycles. The first-order valence-corrected chi connectivity index (χ1v) is 13.5. The Hall–Kier alpha value is -3.97. The predicted octanol–water partition coefficient (Wildman–Crippen LogP) is 7.07. The van der Waals surface area contributed by atoms with Gasteiger partial charge in [0.2, 0.25) is 5.91 Å². The van der Waals surface area contributed by atoms with Crippen molar-refractivity contribution in [2.45, 2.75) is 28.7 Å². The molecule has 3 aromatic carbocycles. The van der Waals surface area contributed by atoms with Crippen LogP contribution in [0.1, 0.15) is 22.3 Å². The van der Waals surface area contributed by atoms with Crippen molar-refractivity contribution < 1.29 is 40.7 Å². The van der Waals surface area contributed by atoms with Crippen LogP contribution in [-0.2, 0) is 28.4 Å². The van der Waals surface area contributed by atoms with Gasteiger partial charge in [-0.2, -0.15) is 26.3 Å². The van der Waals surface area contributed by atoms with Crippen LogP contribution in [0.3, 0.4) is 0 Å². The van der Waals surface area contributed by atoms with Gasteiger partial charge in [-0.15, -0.1) is 0 Å². The van der Waals surface area contributed by atoms with Crippen molar-refractivity contribution in [3.05, 3.63) is 95.1 Å². The van der Waals surface area contributed by atoms with Crippen molar-refractivity contribution in [1.82, 2.24) is 10.2 Å². The lowest BCUT2D eigenvalue weighted by Crippen LogP contribution is -2.39. The first kappa shape index (κ1) is 31.0. The number of nitrogens with one attached hydrogen (secondary N) is 2. The monoisotopic (exact) mass is 609 g/mol. The predicted molar refractivity (Wildman–Crippen MR) is 146 cm³/mol. The molecule has 1 aliphatic rings. The Morgan fingerprint density at radius 1 is 0.881 bits per heavy atom. The number of urea groups is 1. The maximum absolute atomic E-state index is 14.2. The number of carbonyl (C=O) groups is 2. The van der Waals surface area contributed by atoms with Gasteiger partial charge in [0, 0.05) is 41.2 Å². The molecule has 4 rings (SSSR count). The molecule has 0 saturated carbocycles. The van der Waals surface area contributed by atoms with Crippen molar-refractivity contribution in [2.24, 2.45) is 0 Å². The number of nitrogens with zero attached hydrogens (tertiary/aromatic N) is 1. The van der Waals surface area contributed by atoms with Gasteiger partial charge < -0.3 is 20.3 Å². The van der Waals surface area contributed by atoms with Crippen LogP contribution in [0.2, 0.25) is 0 Å². The minimum atomic E-state index is -5.37. The number of anilines is 1. The van der Waals surface area contributed by atoms with Crippen LogP contribution in [-0.4, -0.2) is 43.1 Å². The van der Waals surface area contributed by atoms with E-state index in [2.05, 4.69) is 10.6 Å². The van der Waals surface area contributed by atoms with Crippen LogP contribution in [0.4, 0.5) is 36.8 Å². The smallest absolute Gasteiger partial charge is 0.378 e. The summed E-state index contributed by atoms with van der Waals surface area (Å²) < 4.78 is 90.1. The lowest BCUT2D eigenvalue weighted by molar-refractivity contribution is -0.163. The molecule has 0 radical (unpaired) electrons. The van der Waals surface area contributed by atoms with Gasteiger partial charge >= 0.3 is 18.4 Å². The zero-order valence-electron chi connectivity index (χ0n) is 21.9. The van der Waals surface area contributed by atoms with E-state index in [4.69, 9.17) is 4.74 Å². The number of ether oxygens (including phenoxy) is 1. The van der Waals surface area contributed by atoms with E-state index in [1.54, 1.807) is 0 Å².